The van der Waals surface area contributed by atoms with Gasteiger partial charge in [-0.05, 0) is 31.0 Å². The smallest absolute Gasteiger partial charge is 0.293 e. The Morgan fingerprint density at radius 1 is 1.15 bits per heavy atom. The fraction of sp³-hybridized carbons (Fsp3) is 0.294. The molecule has 1 atom stereocenters. The zero-order valence-corrected chi connectivity index (χ0v) is 12.3. The standard InChI is InChI=1S/C17H20N2O/c1-4-15-9-11-19(12-10-15)14(3)17(20)18-16-7-5-13(2)6-8-16/h5-12,14H,4H2,1-3H3/p+1/t14-/m0/s1. The number of amides is 1. The van der Waals surface area contributed by atoms with Gasteiger partial charge in [-0.15, -0.1) is 0 Å². The normalized spacial score (nSPS) is 11.9. The maximum Gasteiger partial charge on any atom is 0.293 e. The second kappa shape index (κ2) is 6.33. The summed E-state index contributed by atoms with van der Waals surface area (Å²) < 4.78 is 1.92. The van der Waals surface area contributed by atoms with Crippen LogP contribution in [0, 0.1) is 6.92 Å². The third-order valence-corrected chi connectivity index (χ3v) is 3.48. The SMILES string of the molecule is CCc1cc[n+]([C@@H](C)C(=O)Nc2ccc(C)cc2)cc1. The molecule has 1 N–H and O–H groups in total. The van der Waals surface area contributed by atoms with E-state index < -0.39 is 0 Å². The predicted molar refractivity (Wildman–Crippen MR) is 80.5 cm³/mol. The van der Waals surface area contributed by atoms with Crippen molar-refractivity contribution in [2.75, 3.05) is 5.32 Å². The van der Waals surface area contributed by atoms with E-state index in [-0.39, 0.29) is 11.9 Å². The summed E-state index contributed by atoms with van der Waals surface area (Å²) in [6.45, 7) is 6.04. The number of nitrogens with zero attached hydrogens (tertiary/aromatic N) is 1. The average molecular weight is 269 g/mol. The lowest BCUT2D eigenvalue weighted by Crippen LogP contribution is -2.44. The lowest BCUT2D eigenvalue weighted by molar-refractivity contribution is -0.705. The number of carbonyl (C=O) groups is 1. The van der Waals surface area contributed by atoms with Crippen molar-refractivity contribution in [2.24, 2.45) is 0 Å². The maximum atomic E-state index is 12.2. The number of pyridine rings is 1. The van der Waals surface area contributed by atoms with E-state index in [1.165, 1.54) is 11.1 Å². The molecule has 0 bridgehead atoms. The van der Waals surface area contributed by atoms with Gasteiger partial charge in [-0.3, -0.25) is 4.79 Å². The molecule has 0 fully saturated rings. The fourth-order valence-electron chi connectivity index (χ4n) is 1.98. The van der Waals surface area contributed by atoms with Gasteiger partial charge < -0.3 is 5.32 Å². The molecule has 1 aromatic carbocycles. The van der Waals surface area contributed by atoms with Gasteiger partial charge in [0.1, 0.15) is 0 Å². The Hall–Kier alpha value is -2.16. The minimum absolute atomic E-state index is 0.0110. The molecule has 0 aliphatic rings. The van der Waals surface area contributed by atoms with Gasteiger partial charge in [0.2, 0.25) is 6.04 Å². The molecule has 0 saturated heterocycles. The first-order valence-corrected chi connectivity index (χ1v) is 6.97. The molecule has 3 nitrogen and oxygen atoms in total. The van der Waals surface area contributed by atoms with Gasteiger partial charge in [0.05, 0.1) is 0 Å². The van der Waals surface area contributed by atoms with Gasteiger partial charge in [0.25, 0.3) is 5.91 Å². The third-order valence-electron chi connectivity index (χ3n) is 3.48. The Morgan fingerprint density at radius 2 is 1.75 bits per heavy atom. The van der Waals surface area contributed by atoms with E-state index in [4.69, 9.17) is 0 Å². The molecule has 0 unspecified atom stereocenters. The van der Waals surface area contributed by atoms with Crippen LogP contribution in [0.1, 0.15) is 31.0 Å². The summed E-state index contributed by atoms with van der Waals surface area (Å²) in [5.41, 5.74) is 3.28. The van der Waals surface area contributed by atoms with Crippen LogP contribution in [0.15, 0.2) is 48.8 Å². The molecular formula is C17H21N2O+. The minimum atomic E-state index is -0.234. The molecule has 104 valence electrons. The van der Waals surface area contributed by atoms with Gasteiger partial charge >= 0.3 is 0 Å². The number of hydrogen-bond acceptors (Lipinski definition) is 1. The first-order chi connectivity index (χ1) is 9.60. The predicted octanol–water partition coefficient (Wildman–Crippen LogP) is 3.04. The molecule has 1 aromatic heterocycles. The summed E-state index contributed by atoms with van der Waals surface area (Å²) in [7, 11) is 0. The monoisotopic (exact) mass is 269 g/mol. The number of rotatable bonds is 4. The highest BCUT2D eigenvalue weighted by atomic mass is 16.2. The number of nitrogens with one attached hydrogen (secondary N) is 1. The molecular weight excluding hydrogens is 248 g/mol. The Labute approximate surface area is 120 Å². The zero-order valence-electron chi connectivity index (χ0n) is 12.3. The fourth-order valence-corrected chi connectivity index (χ4v) is 1.98. The summed E-state index contributed by atoms with van der Waals surface area (Å²) >= 11 is 0. The van der Waals surface area contributed by atoms with Crippen molar-refractivity contribution in [1.82, 2.24) is 0 Å². The van der Waals surface area contributed by atoms with Crippen molar-refractivity contribution in [1.29, 1.82) is 0 Å². The lowest BCUT2D eigenvalue weighted by atomic mass is 10.2. The molecule has 20 heavy (non-hydrogen) atoms. The van der Waals surface area contributed by atoms with Crippen LogP contribution in [0.25, 0.3) is 0 Å². The summed E-state index contributed by atoms with van der Waals surface area (Å²) in [5.74, 6) is -0.0110. The molecule has 0 spiro atoms. The highest BCUT2D eigenvalue weighted by molar-refractivity contribution is 5.92. The van der Waals surface area contributed by atoms with E-state index in [0.717, 1.165) is 12.1 Å². The van der Waals surface area contributed by atoms with E-state index in [0.29, 0.717) is 0 Å². The van der Waals surface area contributed by atoms with E-state index in [2.05, 4.69) is 24.4 Å². The molecule has 0 aliphatic heterocycles. The lowest BCUT2D eigenvalue weighted by Gasteiger charge is -2.09. The quantitative estimate of drug-likeness (QED) is 0.850. The number of aryl methyl sites for hydroxylation is 2. The van der Waals surface area contributed by atoms with Crippen molar-refractivity contribution in [3.8, 4) is 0 Å². The van der Waals surface area contributed by atoms with Crippen LogP contribution < -0.4 is 9.88 Å². The summed E-state index contributed by atoms with van der Waals surface area (Å²) in [4.78, 5) is 12.2. The van der Waals surface area contributed by atoms with Crippen molar-refractivity contribution in [2.45, 2.75) is 33.2 Å². The largest absolute Gasteiger partial charge is 0.320 e. The van der Waals surface area contributed by atoms with Crippen LogP contribution in [0.3, 0.4) is 0 Å². The van der Waals surface area contributed by atoms with Crippen LogP contribution in [0.4, 0.5) is 5.69 Å². The Morgan fingerprint density at radius 3 is 2.30 bits per heavy atom. The molecule has 2 rings (SSSR count). The molecule has 0 aliphatic carbocycles. The zero-order chi connectivity index (χ0) is 14.5. The molecule has 0 radical (unpaired) electrons. The molecule has 2 aromatic rings. The number of carbonyl (C=O) groups excluding carboxylic acids is 1. The molecule has 1 heterocycles. The number of benzene rings is 1. The summed E-state index contributed by atoms with van der Waals surface area (Å²) in [5, 5.41) is 2.94. The van der Waals surface area contributed by atoms with Crippen molar-refractivity contribution in [3.05, 3.63) is 59.9 Å². The van der Waals surface area contributed by atoms with Gasteiger partial charge in [-0.2, -0.15) is 4.57 Å². The molecule has 1 amide bonds. The Bertz CT molecular complexity index is 573. The Kier molecular flexibility index (Phi) is 4.51. The average Bonchev–Trinajstić information content (AvgIpc) is 2.49. The van der Waals surface area contributed by atoms with Crippen LogP contribution >= 0.6 is 0 Å². The highest BCUT2D eigenvalue weighted by Gasteiger charge is 2.21. The molecule has 3 heteroatoms. The second-order valence-corrected chi connectivity index (χ2v) is 5.04. The van der Waals surface area contributed by atoms with Crippen molar-refractivity contribution < 1.29 is 9.36 Å². The van der Waals surface area contributed by atoms with Crippen LogP contribution in [-0.2, 0) is 11.2 Å². The van der Waals surface area contributed by atoms with Crippen molar-refractivity contribution in [3.63, 3.8) is 0 Å². The van der Waals surface area contributed by atoms with E-state index in [1.807, 2.05) is 55.1 Å². The minimum Gasteiger partial charge on any atom is -0.320 e. The number of anilines is 1. The topological polar surface area (TPSA) is 33.0 Å². The van der Waals surface area contributed by atoms with Gasteiger partial charge in [-0.25, -0.2) is 0 Å². The van der Waals surface area contributed by atoms with Crippen molar-refractivity contribution >= 4 is 11.6 Å². The summed E-state index contributed by atoms with van der Waals surface area (Å²) in [6.07, 6.45) is 4.92. The Balaban J connectivity index is 2.05. The summed E-state index contributed by atoms with van der Waals surface area (Å²) in [6, 6.07) is 11.7. The van der Waals surface area contributed by atoms with Crippen LogP contribution in [0.5, 0.6) is 0 Å². The molecule has 0 saturated carbocycles. The van der Waals surface area contributed by atoms with E-state index in [9.17, 15) is 4.79 Å². The number of hydrogen-bond donors (Lipinski definition) is 1. The van der Waals surface area contributed by atoms with Gasteiger partial charge in [0, 0.05) is 24.7 Å². The first-order valence-electron chi connectivity index (χ1n) is 6.97. The highest BCUT2D eigenvalue weighted by Crippen LogP contribution is 2.10. The van der Waals surface area contributed by atoms with Gasteiger partial charge in [0.15, 0.2) is 12.4 Å². The second-order valence-electron chi connectivity index (χ2n) is 5.04. The van der Waals surface area contributed by atoms with Crippen LogP contribution in [0.2, 0.25) is 0 Å². The van der Waals surface area contributed by atoms with E-state index >= 15 is 0 Å². The van der Waals surface area contributed by atoms with E-state index in [1.54, 1.807) is 0 Å². The number of aromatic nitrogens is 1. The first kappa shape index (κ1) is 14.3. The van der Waals surface area contributed by atoms with Crippen LogP contribution in [-0.4, -0.2) is 5.91 Å². The third kappa shape index (κ3) is 3.44. The van der Waals surface area contributed by atoms with Gasteiger partial charge in [-0.1, -0.05) is 24.6 Å². The maximum absolute atomic E-state index is 12.2.